The third-order valence-corrected chi connectivity index (χ3v) is 7.47. The lowest BCUT2D eigenvalue weighted by Crippen LogP contribution is -2.53. The Balaban J connectivity index is 1.09. The second-order valence-electron chi connectivity index (χ2n) is 10.3. The number of nitrogens with zero attached hydrogens (tertiary/aromatic N) is 1. The fourth-order valence-corrected chi connectivity index (χ4v) is 6.14. The van der Waals surface area contributed by atoms with Crippen LogP contribution in [0.4, 0.5) is 0 Å². The van der Waals surface area contributed by atoms with Gasteiger partial charge in [-0.3, -0.25) is 19.2 Å². The minimum Gasteiger partial charge on any atom is -0.456 e. The van der Waals surface area contributed by atoms with E-state index in [9.17, 15) is 19.2 Å². The first-order valence-corrected chi connectivity index (χ1v) is 11.8. The van der Waals surface area contributed by atoms with Gasteiger partial charge in [0.05, 0.1) is 6.54 Å². The Bertz CT molecular complexity index is 697. The summed E-state index contributed by atoms with van der Waals surface area (Å²) in [6.07, 6.45) is 9.62. The molecule has 4 bridgehead atoms. The van der Waals surface area contributed by atoms with Crippen molar-refractivity contribution in [2.45, 2.75) is 70.3 Å². The van der Waals surface area contributed by atoms with Gasteiger partial charge < -0.3 is 20.3 Å². The van der Waals surface area contributed by atoms with Crippen molar-refractivity contribution in [2.24, 2.45) is 23.2 Å². The second-order valence-corrected chi connectivity index (χ2v) is 10.3. The number of esters is 1. The predicted molar refractivity (Wildman–Crippen MR) is 113 cm³/mol. The van der Waals surface area contributed by atoms with Gasteiger partial charge in [-0.15, -0.1) is 0 Å². The minimum absolute atomic E-state index is 0.0385. The standard InChI is InChI=1S/C23H35N3O5/c1-26(13-19(27)25-18-4-5-18)20(28)14-31-21(29)3-2-6-24-22(30)23-10-15-7-16(11-23)9-17(8-15)12-23/h15-18H,2-14H2,1H3,(H,24,30)(H,25,27). The topological polar surface area (TPSA) is 105 Å². The summed E-state index contributed by atoms with van der Waals surface area (Å²) in [7, 11) is 1.52. The molecule has 8 nitrogen and oxygen atoms in total. The Hall–Kier alpha value is -2.12. The van der Waals surface area contributed by atoms with Crippen LogP contribution in [-0.4, -0.2) is 61.4 Å². The molecule has 8 heteroatoms. The summed E-state index contributed by atoms with van der Waals surface area (Å²) in [6, 6.07) is 0.247. The number of carbonyl (C=O) groups is 4. The lowest BCUT2D eigenvalue weighted by molar-refractivity contribution is -0.152. The first-order valence-electron chi connectivity index (χ1n) is 11.8. The molecule has 0 heterocycles. The number of amides is 3. The van der Waals surface area contributed by atoms with Crippen LogP contribution in [0.1, 0.15) is 64.2 Å². The first kappa shape index (κ1) is 22.1. The zero-order valence-electron chi connectivity index (χ0n) is 18.5. The summed E-state index contributed by atoms with van der Waals surface area (Å²) in [5.74, 6) is 1.27. The highest BCUT2D eigenvalue weighted by molar-refractivity contribution is 5.86. The van der Waals surface area contributed by atoms with Crippen molar-refractivity contribution < 1.29 is 23.9 Å². The van der Waals surface area contributed by atoms with E-state index >= 15 is 0 Å². The van der Waals surface area contributed by atoms with Crippen LogP contribution in [0.5, 0.6) is 0 Å². The van der Waals surface area contributed by atoms with E-state index < -0.39 is 11.9 Å². The van der Waals surface area contributed by atoms with Crippen molar-refractivity contribution in [3.05, 3.63) is 0 Å². The van der Waals surface area contributed by atoms with E-state index in [1.54, 1.807) is 0 Å². The number of likely N-dealkylation sites (N-methyl/N-ethyl adjacent to an activating group) is 1. The molecule has 0 aromatic carbocycles. The van der Waals surface area contributed by atoms with Crippen LogP contribution in [0.3, 0.4) is 0 Å². The van der Waals surface area contributed by atoms with Crippen molar-refractivity contribution in [3.8, 4) is 0 Å². The van der Waals surface area contributed by atoms with E-state index in [4.69, 9.17) is 4.74 Å². The van der Waals surface area contributed by atoms with Crippen LogP contribution in [-0.2, 0) is 23.9 Å². The molecule has 2 N–H and O–H groups in total. The molecule has 5 aliphatic carbocycles. The maximum atomic E-state index is 12.9. The molecule has 5 saturated carbocycles. The van der Waals surface area contributed by atoms with E-state index in [0.29, 0.717) is 13.0 Å². The molecule has 0 atom stereocenters. The first-order chi connectivity index (χ1) is 14.8. The number of ether oxygens (including phenoxy) is 1. The Kier molecular flexibility index (Phi) is 6.53. The van der Waals surface area contributed by atoms with Crippen molar-refractivity contribution in [2.75, 3.05) is 26.7 Å². The van der Waals surface area contributed by atoms with Crippen LogP contribution in [0.25, 0.3) is 0 Å². The van der Waals surface area contributed by atoms with Gasteiger partial charge in [-0.05, 0) is 75.5 Å². The normalized spacial score (nSPS) is 30.5. The quantitative estimate of drug-likeness (QED) is 0.400. The molecule has 0 aromatic heterocycles. The maximum absolute atomic E-state index is 12.9. The number of nitrogens with one attached hydrogen (secondary N) is 2. The van der Waals surface area contributed by atoms with Crippen LogP contribution < -0.4 is 10.6 Å². The fourth-order valence-electron chi connectivity index (χ4n) is 6.14. The summed E-state index contributed by atoms with van der Waals surface area (Å²) in [4.78, 5) is 49.8. The van der Waals surface area contributed by atoms with E-state index in [2.05, 4.69) is 10.6 Å². The zero-order valence-corrected chi connectivity index (χ0v) is 18.5. The fraction of sp³-hybridized carbons (Fsp3) is 0.826. The summed E-state index contributed by atoms with van der Waals surface area (Å²) in [5.41, 5.74) is -0.169. The van der Waals surface area contributed by atoms with Gasteiger partial charge in [-0.25, -0.2) is 0 Å². The Labute approximate surface area is 183 Å². The van der Waals surface area contributed by atoms with E-state index in [1.165, 1.54) is 31.2 Å². The van der Waals surface area contributed by atoms with Crippen LogP contribution in [0.2, 0.25) is 0 Å². The monoisotopic (exact) mass is 433 g/mol. The van der Waals surface area contributed by atoms with Gasteiger partial charge in [-0.2, -0.15) is 0 Å². The average Bonchev–Trinajstić information content (AvgIpc) is 3.51. The molecule has 0 aromatic rings. The van der Waals surface area contributed by atoms with Gasteiger partial charge in [0.2, 0.25) is 11.8 Å². The maximum Gasteiger partial charge on any atom is 0.306 e. The van der Waals surface area contributed by atoms with Crippen LogP contribution in [0.15, 0.2) is 0 Å². The number of hydrogen-bond donors (Lipinski definition) is 2. The Morgan fingerprint density at radius 3 is 2.19 bits per heavy atom. The van der Waals surface area contributed by atoms with Crippen LogP contribution >= 0.6 is 0 Å². The van der Waals surface area contributed by atoms with E-state index in [0.717, 1.165) is 49.9 Å². The third-order valence-electron chi connectivity index (χ3n) is 7.47. The van der Waals surface area contributed by atoms with Crippen molar-refractivity contribution in [1.82, 2.24) is 15.5 Å². The molecular formula is C23H35N3O5. The average molecular weight is 434 g/mol. The molecule has 3 amide bonds. The number of hydrogen-bond acceptors (Lipinski definition) is 5. The largest absolute Gasteiger partial charge is 0.456 e. The highest BCUT2D eigenvalue weighted by atomic mass is 16.5. The van der Waals surface area contributed by atoms with Gasteiger partial charge in [0.25, 0.3) is 5.91 Å². The third kappa shape index (κ3) is 5.57. The van der Waals surface area contributed by atoms with Gasteiger partial charge in [0.15, 0.2) is 6.61 Å². The van der Waals surface area contributed by atoms with Gasteiger partial charge in [0.1, 0.15) is 0 Å². The highest BCUT2D eigenvalue weighted by Gasteiger charge is 2.54. The molecule has 0 radical (unpaired) electrons. The molecule has 5 rings (SSSR count). The van der Waals surface area contributed by atoms with E-state index in [-0.39, 0.29) is 42.8 Å². The lowest BCUT2D eigenvalue weighted by atomic mass is 9.49. The van der Waals surface area contributed by atoms with Crippen molar-refractivity contribution in [1.29, 1.82) is 0 Å². The molecule has 0 saturated heterocycles. The van der Waals surface area contributed by atoms with Gasteiger partial charge in [0, 0.05) is 31.5 Å². The molecule has 5 fully saturated rings. The minimum atomic E-state index is -0.465. The molecule has 0 aliphatic heterocycles. The summed E-state index contributed by atoms with van der Waals surface area (Å²) in [6.45, 7) is 0.0415. The van der Waals surface area contributed by atoms with Crippen molar-refractivity contribution in [3.63, 3.8) is 0 Å². The smallest absolute Gasteiger partial charge is 0.306 e. The van der Waals surface area contributed by atoms with E-state index in [1.807, 2.05) is 0 Å². The predicted octanol–water partition coefficient (Wildman–Crippen LogP) is 1.38. The molecule has 0 spiro atoms. The van der Waals surface area contributed by atoms with Gasteiger partial charge in [-0.1, -0.05) is 0 Å². The summed E-state index contributed by atoms with van der Waals surface area (Å²) >= 11 is 0. The number of rotatable bonds is 10. The van der Waals surface area contributed by atoms with Crippen LogP contribution in [0, 0.1) is 23.2 Å². The Morgan fingerprint density at radius 1 is 1.00 bits per heavy atom. The zero-order chi connectivity index (χ0) is 22.0. The molecule has 0 unspecified atom stereocenters. The summed E-state index contributed by atoms with van der Waals surface area (Å²) in [5, 5.41) is 5.87. The lowest BCUT2D eigenvalue weighted by Gasteiger charge is -2.55. The Morgan fingerprint density at radius 2 is 1.61 bits per heavy atom. The number of carbonyl (C=O) groups excluding carboxylic acids is 4. The molecule has 31 heavy (non-hydrogen) atoms. The second kappa shape index (κ2) is 9.17. The highest BCUT2D eigenvalue weighted by Crippen LogP contribution is 2.60. The SMILES string of the molecule is CN(CC(=O)NC1CC1)C(=O)COC(=O)CCCNC(=O)C12CC3CC(CC(C3)C1)C2. The van der Waals surface area contributed by atoms with Crippen molar-refractivity contribution >= 4 is 23.7 Å². The molecule has 172 valence electrons. The summed E-state index contributed by atoms with van der Waals surface area (Å²) < 4.78 is 5.03. The molecule has 5 aliphatic rings. The van der Waals surface area contributed by atoms with Gasteiger partial charge >= 0.3 is 5.97 Å². The molecular weight excluding hydrogens is 398 g/mol.